The van der Waals surface area contributed by atoms with Crippen LogP contribution in [0.4, 0.5) is 5.82 Å². The largest absolute Gasteiger partial charge is 0.457 e. The van der Waals surface area contributed by atoms with Crippen molar-refractivity contribution in [3.63, 3.8) is 0 Å². The van der Waals surface area contributed by atoms with Crippen LogP contribution in [0.2, 0.25) is 0 Å². The molecule has 36 heavy (non-hydrogen) atoms. The Morgan fingerprint density at radius 1 is 1.06 bits per heavy atom. The summed E-state index contributed by atoms with van der Waals surface area (Å²) < 4.78 is 8.35. The molecule has 5 rings (SSSR count). The fourth-order valence-corrected chi connectivity index (χ4v) is 4.42. The molecule has 3 heterocycles. The van der Waals surface area contributed by atoms with Gasteiger partial charge in [0.15, 0.2) is 0 Å². The van der Waals surface area contributed by atoms with Crippen molar-refractivity contribution in [2.75, 3.05) is 18.8 Å². The molecule has 4 aromatic rings. The Bertz CT molecular complexity index is 1580. The van der Waals surface area contributed by atoms with E-state index >= 15 is 0 Å². The second-order valence-corrected chi connectivity index (χ2v) is 8.38. The van der Waals surface area contributed by atoms with Gasteiger partial charge in [0, 0.05) is 19.3 Å². The van der Waals surface area contributed by atoms with Crippen LogP contribution in [-0.2, 0) is 4.79 Å². The third-order valence-electron chi connectivity index (χ3n) is 6.13. The molecule has 0 bridgehead atoms. The van der Waals surface area contributed by atoms with E-state index in [0.29, 0.717) is 41.2 Å². The molecule has 1 aliphatic heterocycles. The van der Waals surface area contributed by atoms with Crippen molar-refractivity contribution in [1.29, 1.82) is 0 Å². The summed E-state index contributed by atoms with van der Waals surface area (Å²) in [4.78, 5) is 44.9. The SMILES string of the molecule is CC#CC(=O)N1CCC(C(=O)n2c(=O)n(-c3ccc(Oc4ccccc4)cc3)c3c(N)nccc32)C1. The summed E-state index contributed by atoms with van der Waals surface area (Å²) in [5.74, 6) is 5.25. The second-order valence-electron chi connectivity index (χ2n) is 8.38. The number of nitrogen functional groups attached to an aromatic ring is 1. The number of pyridine rings is 1. The number of hydrogen-bond donors (Lipinski definition) is 1. The number of ether oxygens (including phenoxy) is 1. The van der Waals surface area contributed by atoms with Gasteiger partial charge in [0.1, 0.15) is 22.8 Å². The summed E-state index contributed by atoms with van der Waals surface area (Å²) in [6.45, 7) is 2.20. The molecule has 0 aliphatic carbocycles. The van der Waals surface area contributed by atoms with Crippen LogP contribution in [0.15, 0.2) is 71.7 Å². The first-order chi connectivity index (χ1) is 17.5. The average molecular weight is 482 g/mol. The van der Waals surface area contributed by atoms with Crippen LogP contribution in [0.1, 0.15) is 18.1 Å². The summed E-state index contributed by atoms with van der Waals surface area (Å²) in [6.07, 6.45) is 1.91. The van der Waals surface area contributed by atoms with E-state index in [-0.39, 0.29) is 18.3 Å². The molecule has 180 valence electrons. The molecule has 0 radical (unpaired) electrons. The minimum absolute atomic E-state index is 0.127. The number of rotatable bonds is 4. The molecule has 2 aromatic heterocycles. The lowest BCUT2D eigenvalue weighted by Gasteiger charge is -2.12. The number of nitrogens with two attached hydrogens (primary N) is 1. The Balaban J connectivity index is 1.52. The predicted molar refractivity (Wildman–Crippen MR) is 135 cm³/mol. The van der Waals surface area contributed by atoms with Gasteiger partial charge in [0.25, 0.3) is 5.91 Å². The number of benzene rings is 2. The number of carbonyl (C=O) groups is 2. The third-order valence-corrected chi connectivity index (χ3v) is 6.13. The average Bonchev–Trinajstić information content (AvgIpc) is 3.49. The highest BCUT2D eigenvalue weighted by Crippen LogP contribution is 2.27. The first-order valence-corrected chi connectivity index (χ1v) is 11.4. The molecule has 0 spiro atoms. The van der Waals surface area contributed by atoms with Crippen molar-refractivity contribution in [2.24, 2.45) is 5.92 Å². The number of aromatic nitrogens is 3. The summed E-state index contributed by atoms with van der Waals surface area (Å²) >= 11 is 0. The number of fused-ring (bicyclic) bond motifs is 1. The van der Waals surface area contributed by atoms with Crippen LogP contribution in [0, 0.1) is 17.8 Å². The number of imidazole rings is 1. The molecule has 1 fully saturated rings. The van der Waals surface area contributed by atoms with E-state index in [1.54, 1.807) is 37.3 Å². The van der Waals surface area contributed by atoms with Crippen molar-refractivity contribution in [2.45, 2.75) is 13.3 Å². The van der Waals surface area contributed by atoms with Gasteiger partial charge in [0.2, 0.25) is 5.91 Å². The fourth-order valence-electron chi connectivity index (χ4n) is 4.42. The van der Waals surface area contributed by atoms with Gasteiger partial charge in [-0.1, -0.05) is 24.1 Å². The molecule has 0 saturated carbocycles. The third kappa shape index (κ3) is 4.09. The van der Waals surface area contributed by atoms with E-state index in [9.17, 15) is 14.4 Å². The predicted octanol–water partition coefficient (Wildman–Crippen LogP) is 3.07. The van der Waals surface area contributed by atoms with Crippen LogP contribution in [0.5, 0.6) is 11.5 Å². The summed E-state index contributed by atoms with van der Waals surface area (Å²) in [5, 5.41) is 0. The topological polar surface area (TPSA) is 112 Å². The zero-order chi connectivity index (χ0) is 25.2. The molecule has 2 N–H and O–H groups in total. The van der Waals surface area contributed by atoms with Crippen LogP contribution in [0.3, 0.4) is 0 Å². The molecule has 1 aliphatic rings. The standard InChI is InChI=1S/C27H23N5O4/c1-2-6-23(33)30-16-14-18(17-30)26(34)32-22-13-15-29-25(28)24(22)31(27(32)35)19-9-11-21(12-10-19)36-20-7-4-3-5-8-20/h3-5,7-13,15,18H,14,16-17H2,1H3,(H2,28,29). The van der Waals surface area contributed by atoms with Gasteiger partial charge in [-0.05, 0) is 61.7 Å². The molecule has 1 amide bonds. The number of para-hydroxylation sites is 1. The quantitative estimate of drug-likeness (QED) is 0.449. The molecular weight excluding hydrogens is 458 g/mol. The van der Waals surface area contributed by atoms with Gasteiger partial charge >= 0.3 is 5.69 Å². The molecular formula is C27H23N5O4. The fraction of sp³-hybridized carbons (Fsp3) is 0.185. The van der Waals surface area contributed by atoms with Crippen molar-refractivity contribution in [3.8, 4) is 29.0 Å². The second kappa shape index (κ2) is 9.43. The van der Waals surface area contributed by atoms with Gasteiger partial charge < -0.3 is 15.4 Å². The number of likely N-dealkylation sites (tertiary alicyclic amines) is 1. The van der Waals surface area contributed by atoms with E-state index in [2.05, 4.69) is 16.8 Å². The Labute approximate surface area is 206 Å². The zero-order valence-electron chi connectivity index (χ0n) is 19.5. The number of carbonyl (C=O) groups excluding carboxylic acids is 2. The summed E-state index contributed by atoms with van der Waals surface area (Å²) in [7, 11) is 0. The van der Waals surface area contributed by atoms with E-state index < -0.39 is 17.5 Å². The molecule has 1 atom stereocenters. The van der Waals surface area contributed by atoms with Gasteiger partial charge in [-0.2, -0.15) is 0 Å². The Kier molecular flexibility index (Phi) is 6.00. The lowest BCUT2D eigenvalue weighted by atomic mass is 10.1. The van der Waals surface area contributed by atoms with Crippen LogP contribution < -0.4 is 16.2 Å². The highest BCUT2D eigenvalue weighted by atomic mass is 16.5. The van der Waals surface area contributed by atoms with E-state index in [4.69, 9.17) is 10.5 Å². The number of hydrogen-bond acceptors (Lipinski definition) is 6. The van der Waals surface area contributed by atoms with Crippen molar-refractivity contribution >= 4 is 28.7 Å². The van der Waals surface area contributed by atoms with Crippen molar-refractivity contribution in [1.82, 2.24) is 19.0 Å². The maximum Gasteiger partial charge on any atom is 0.340 e. The van der Waals surface area contributed by atoms with Crippen molar-refractivity contribution < 1.29 is 14.3 Å². The van der Waals surface area contributed by atoms with Crippen LogP contribution in [0.25, 0.3) is 16.7 Å². The molecule has 9 heteroatoms. The van der Waals surface area contributed by atoms with Gasteiger partial charge in [0.05, 0.1) is 17.1 Å². The molecule has 1 saturated heterocycles. The zero-order valence-corrected chi connectivity index (χ0v) is 19.5. The normalized spacial score (nSPS) is 14.9. The lowest BCUT2D eigenvalue weighted by molar-refractivity contribution is -0.124. The minimum Gasteiger partial charge on any atom is -0.457 e. The number of nitrogens with zero attached hydrogens (tertiary/aromatic N) is 4. The van der Waals surface area contributed by atoms with Gasteiger partial charge in [-0.15, -0.1) is 0 Å². The first-order valence-electron chi connectivity index (χ1n) is 11.4. The Morgan fingerprint density at radius 3 is 2.50 bits per heavy atom. The molecule has 9 nitrogen and oxygen atoms in total. The monoisotopic (exact) mass is 481 g/mol. The Morgan fingerprint density at radius 2 is 1.78 bits per heavy atom. The van der Waals surface area contributed by atoms with E-state index in [0.717, 1.165) is 4.57 Å². The van der Waals surface area contributed by atoms with Crippen LogP contribution in [-0.4, -0.2) is 43.9 Å². The summed E-state index contributed by atoms with van der Waals surface area (Å²) in [6, 6.07) is 17.9. The van der Waals surface area contributed by atoms with E-state index in [1.807, 2.05) is 30.3 Å². The Hall–Kier alpha value is -4.84. The van der Waals surface area contributed by atoms with Crippen molar-refractivity contribution in [3.05, 3.63) is 77.3 Å². The highest BCUT2D eigenvalue weighted by molar-refractivity contribution is 5.97. The molecule has 1 unspecified atom stereocenters. The lowest BCUT2D eigenvalue weighted by Crippen LogP contribution is -2.35. The maximum absolute atomic E-state index is 13.6. The minimum atomic E-state index is -0.551. The highest BCUT2D eigenvalue weighted by Gasteiger charge is 2.34. The first kappa shape index (κ1) is 22.9. The molecule has 2 aromatic carbocycles. The van der Waals surface area contributed by atoms with Gasteiger partial charge in [-0.3, -0.25) is 14.2 Å². The van der Waals surface area contributed by atoms with E-state index in [1.165, 1.54) is 15.7 Å². The number of amides is 1. The smallest absolute Gasteiger partial charge is 0.340 e. The van der Waals surface area contributed by atoms with Crippen LogP contribution >= 0.6 is 0 Å². The number of anilines is 1. The maximum atomic E-state index is 13.6. The van der Waals surface area contributed by atoms with Gasteiger partial charge in [-0.25, -0.2) is 14.3 Å². The summed E-state index contributed by atoms with van der Waals surface area (Å²) in [5.41, 5.74) is 6.83.